The highest BCUT2D eigenvalue weighted by molar-refractivity contribution is 5.83. The summed E-state index contributed by atoms with van der Waals surface area (Å²) in [7, 11) is 0. The van der Waals surface area contributed by atoms with Crippen molar-refractivity contribution in [1.82, 2.24) is 5.32 Å². The molecule has 0 saturated carbocycles. The lowest BCUT2D eigenvalue weighted by Gasteiger charge is -2.23. The van der Waals surface area contributed by atoms with Crippen LogP contribution in [0.15, 0.2) is 0 Å². The first-order valence-corrected chi connectivity index (χ1v) is 4.11. The molecule has 1 unspecified atom stereocenters. The summed E-state index contributed by atoms with van der Waals surface area (Å²) in [6.45, 7) is 5.35. The van der Waals surface area contributed by atoms with Gasteiger partial charge in [0.1, 0.15) is 0 Å². The molecule has 0 aromatic rings. The van der Waals surface area contributed by atoms with Crippen molar-refractivity contribution in [3.05, 3.63) is 0 Å². The number of carbonyl (C=O) groups is 2. The molecule has 76 valence electrons. The lowest BCUT2D eigenvalue weighted by molar-refractivity contribution is -0.125. The maximum Gasteiger partial charge on any atom is 0.237 e. The Bertz CT molecular complexity index is 213. The van der Waals surface area contributed by atoms with Gasteiger partial charge in [0.05, 0.1) is 5.54 Å². The van der Waals surface area contributed by atoms with Crippen molar-refractivity contribution in [2.45, 2.75) is 26.3 Å². The predicted octanol–water partition coefficient (Wildman–Crippen LogP) is -1.04. The summed E-state index contributed by atoms with van der Waals surface area (Å²) in [4.78, 5) is 21.5. The fraction of sp³-hybridized carbons (Fsp3) is 0.750. The first-order chi connectivity index (χ1) is 5.77. The normalized spacial score (nSPS) is 13.8. The first-order valence-electron chi connectivity index (χ1n) is 4.11. The second-order valence-electron chi connectivity index (χ2n) is 3.67. The molecule has 0 bridgehead atoms. The van der Waals surface area contributed by atoms with Crippen LogP contribution in [0.2, 0.25) is 0 Å². The van der Waals surface area contributed by atoms with Gasteiger partial charge in [0.25, 0.3) is 0 Å². The van der Waals surface area contributed by atoms with Gasteiger partial charge in [0, 0.05) is 12.5 Å². The van der Waals surface area contributed by atoms with Gasteiger partial charge in [-0.15, -0.1) is 0 Å². The molecular formula is C8H17N3O2. The molecular weight excluding hydrogens is 170 g/mol. The third-order valence-electron chi connectivity index (χ3n) is 1.95. The summed E-state index contributed by atoms with van der Waals surface area (Å²) in [6.07, 6.45) is 0. The van der Waals surface area contributed by atoms with E-state index < -0.39 is 17.4 Å². The van der Waals surface area contributed by atoms with E-state index in [2.05, 4.69) is 5.32 Å². The van der Waals surface area contributed by atoms with Crippen LogP contribution in [0.3, 0.4) is 0 Å². The minimum absolute atomic E-state index is 0.307. The molecule has 0 fully saturated rings. The maximum atomic E-state index is 10.8. The molecule has 0 aliphatic carbocycles. The van der Waals surface area contributed by atoms with Gasteiger partial charge < -0.3 is 16.8 Å². The lowest BCUT2D eigenvalue weighted by atomic mass is 10.0. The van der Waals surface area contributed by atoms with Crippen LogP contribution in [0.4, 0.5) is 0 Å². The van der Waals surface area contributed by atoms with Gasteiger partial charge >= 0.3 is 0 Å². The van der Waals surface area contributed by atoms with Crippen LogP contribution in [0.25, 0.3) is 0 Å². The quantitative estimate of drug-likeness (QED) is 0.512. The molecule has 0 aliphatic rings. The van der Waals surface area contributed by atoms with Crippen molar-refractivity contribution >= 4 is 11.8 Å². The van der Waals surface area contributed by atoms with E-state index in [1.807, 2.05) is 0 Å². The fourth-order valence-electron chi connectivity index (χ4n) is 0.596. The Hall–Kier alpha value is -1.10. The highest BCUT2D eigenvalue weighted by Gasteiger charge is 2.25. The Morgan fingerprint density at radius 1 is 1.38 bits per heavy atom. The van der Waals surface area contributed by atoms with Crippen molar-refractivity contribution in [2.24, 2.45) is 17.4 Å². The van der Waals surface area contributed by atoms with Crippen molar-refractivity contribution in [3.8, 4) is 0 Å². The van der Waals surface area contributed by atoms with E-state index in [9.17, 15) is 9.59 Å². The fourth-order valence-corrected chi connectivity index (χ4v) is 0.596. The largest absolute Gasteiger partial charge is 0.369 e. The van der Waals surface area contributed by atoms with Gasteiger partial charge in [0.15, 0.2) is 0 Å². The average molecular weight is 187 g/mol. The minimum Gasteiger partial charge on any atom is -0.369 e. The lowest BCUT2D eigenvalue weighted by Crippen LogP contribution is -2.52. The Morgan fingerprint density at radius 2 is 1.85 bits per heavy atom. The molecule has 5 N–H and O–H groups in total. The second kappa shape index (κ2) is 4.23. The minimum atomic E-state index is -0.802. The van der Waals surface area contributed by atoms with E-state index >= 15 is 0 Å². The summed E-state index contributed by atoms with van der Waals surface area (Å²) in [5, 5.41) is 2.86. The first kappa shape index (κ1) is 11.9. The zero-order chi connectivity index (χ0) is 10.6. The van der Waals surface area contributed by atoms with E-state index in [0.29, 0.717) is 6.54 Å². The van der Waals surface area contributed by atoms with Crippen LogP contribution in [0, 0.1) is 5.92 Å². The highest BCUT2D eigenvalue weighted by atomic mass is 16.2. The number of hydrogen-bond acceptors (Lipinski definition) is 3. The molecule has 0 spiro atoms. The van der Waals surface area contributed by atoms with Gasteiger partial charge in [-0.2, -0.15) is 0 Å². The maximum absolute atomic E-state index is 10.8. The molecule has 1 atom stereocenters. The van der Waals surface area contributed by atoms with Crippen molar-refractivity contribution in [2.75, 3.05) is 6.54 Å². The number of primary amides is 2. The highest BCUT2D eigenvalue weighted by Crippen LogP contribution is 2.01. The Labute approximate surface area is 77.8 Å². The SMILES string of the molecule is CC(CNC(C)(C)C(N)=O)C(N)=O. The van der Waals surface area contributed by atoms with Crippen LogP contribution in [0.5, 0.6) is 0 Å². The number of nitrogens with one attached hydrogen (secondary N) is 1. The number of rotatable bonds is 5. The van der Waals surface area contributed by atoms with E-state index in [1.54, 1.807) is 20.8 Å². The smallest absolute Gasteiger partial charge is 0.237 e. The Balaban J connectivity index is 4.02. The van der Waals surface area contributed by atoms with E-state index in [1.165, 1.54) is 0 Å². The number of nitrogens with two attached hydrogens (primary N) is 2. The van der Waals surface area contributed by atoms with Crippen molar-refractivity contribution in [1.29, 1.82) is 0 Å². The molecule has 0 saturated heterocycles. The number of amides is 2. The van der Waals surface area contributed by atoms with Crippen LogP contribution < -0.4 is 16.8 Å². The summed E-state index contributed by atoms with van der Waals surface area (Å²) >= 11 is 0. The van der Waals surface area contributed by atoms with Gasteiger partial charge in [-0.1, -0.05) is 6.92 Å². The van der Waals surface area contributed by atoms with E-state index in [4.69, 9.17) is 11.5 Å². The predicted molar refractivity (Wildman–Crippen MR) is 49.6 cm³/mol. The van der Waals surface area contributed by atoms with E-state index in [0.717, 1.165) is 0 Å². The molecule has 5 heteroatoms. The molecule has 13 heavy (non-hydrogen) atoms. The summed E-state index contributed by atoms with van der Waals surface area (Å²) in [5.41, 5.74) is 9.36. The van der Waals surface area contributed by atoms with Gasteiger partial charge in [0.2, 0.25) is 11.8 Å². The third kappa shape index (κ3) is 3.89. The number of hydrogen-bond donors (Lipinski definition) is 3. The van der Waals surface area contributed by atoms with Crippen LogP contribution in [-0.4, -0.2) is 23.9 Å². The zero-order valence-electron chi connectivity index (χ0n) is 8.26. The number of carbonyl (C=O) groups excluding carboxylic acids is 2. The van der Waals surface area contributed by atoms with Crippen molar-refractivity contribution in [3.63, 3.8) is 0 Å². The summed E-state index contributed by atoms with van der Waals surface area (Å²) in [6, 6.07) is 0. The van der Waals surface area contributed by atoms with Crippen LogP contribution >= 0.6 is 0 Å². The molecule has 0 radical (unpaired) electrons. The van der Waals surface area contributed by atoms with Gasteiger partial charge in [-0.25, -0.2) is 0 Å². The zero-order valence-corrected chi connectivity index (χ0v) is 8.26. The summed E-state index contributed by atoms with van der Waals surface area (Å²) < 4.78 is 0. The third-order valence-corrected chi connectivity index (χ3v) is 1.95. The van der Waals surface area contributed by atoms with Crippen molar-refractivity contribution < 1.29 is 9.59 Å². The monoisotopic (exact) mass is 187 g/mol. The van der Waals surface area contributed by atoms with Gasteiger partial charge in [-0.05, 0) is 13.8 Å². The molecule has 0 heterocycles. The topological polar surface area (TPSA) is 98.2 Å². The second-order valence-corrected chi connectivity index (χ2v) is 3.67. The summed E-state index contributed by atoms with van der Waals surface area (Å²) in [5.74, 6) is -1.16. The van der Waals surface area contributed by atoms with Gasteiger partial charge in [-0.3, -0.25) is 9.59 Å². The van der Waals surface area contributed by atoms with E-state index in [-0.39, 0.29) is 5.92 Å². The average Bonchev–Trinajstić information content (AvgIpc) is 1.99. The molecule has 0 aromatic heterocycles. The van der Waals surface area contributed by atoms with Crippen LogP contribution in [0.1, 0.15) is 20.8 Å². The molecule has 0 aliphatic heterocycles. The van der Waals surface area contributed by atoms with Crippen LogP contribution in [-0.2, 0) is 9.59 Å². The standard InChI is InChI=1S/C8H17N3O2/c1-5(6(9)12)4-11-8(2,3)7(10)13/h5,11H,4H2,1-3H3,(H2,9,12)(H2,10,13). The Kier molecular flexibility index (Phi) is 3.87. The molecule has 2 amide bonds. The molecule has 0 rings (SSSR count). The molecule has 5 nitrogen and oxygen atoms in total. The Morgan fingerprint density at radius 3 is 2.15 bits per heavy atom. The molecule has 0 aromatic carbocycles.